The van der Waals surface area contributed by atoms with Crippen LogP contribution >= 0.6 is 0 Å². The lowest BCUT2D eigenvalue weighted by Gasteiger charge is -2.24. The Labute approximate surface area is 124 Å². The normalized spacial score (nSPS) is 11.8. The lowest BCUT2D eigenvalue weighted by molar-refractivity contribution is 0.358. The van der Waals surface area contributed by atoms with Gasteiger partial charge in [0.15, 0.2) is 0 Å². The molecule has 0 unspecified atom stereocenters. The predicted molar refractivity (Wildman–Crippen MR) is 87.0 cm³/mol. The van der Waals surface area contributed by atoms with Crippen LogP contribution < -0.4 is 11.2 Å². The van der Waals surface area contributed by atoms with E-state index in [2.05, 4.69) is 6.58 Å². The molecule has 0 saturated carbocycles. The van der Waals surface area contributed by atoms with Gasteiger partial charge in [0, 0.05) is 12.1 Å². The van der Waals surface area contributed by atoms with Crippen LogP contribution in [0.3, 0.4) is 0 Å². The molecular weight excluding hydrogens is 264 g/mol. The van der Waals surface area contributed by atoms with Crippen LogP contribution in [0.4, 0.5) is 0 Å². The predicted octanol–water partition coefficient (Wildman–Crippen LogP) is 2.80. The number of aromatic nitrogens is 2. The molecule has 4 nitrogen and oxygen atoms in total. The molecule has 0 saturated heterocycles. The summed E-state index contributed by atoms with van der Waals surface area (Å²) < 4.78 is 3.03. The molecule has 1 aromatic heterocycles. The highest BCUT2D eigenvalue weighted by Gasteiger charge is 2.22. The third-order valence-corrected chi connectivity index (χ3v) is 3.61. The zero-order valence-corrected chi connectivity index (χ0v) is 13.1. The maximum atomic E-state index is 12.8. The molecule has 0 amide bonds. The molecule has 4 heteroatoms. The summed E-state index contributed by atoms with van der Waals surface area (Å²) in [6.07, 6.45) is 2.46. The van der Waals surface area contributed by atoms with Gasteiger partial charge in [-0.15, -0.1) is 6.58 Å². The molecule has 0 N–H and O–H groups in total. The van der Waals surface area contributed by atoms with Gasteiger partial charge in [0.05, 0.1) is 10.9 Å². The van der Waals surface area contributed by atoms with Crippen LogP contribution in [0.1, 0.15) is 32.8 Å². The SMILES string of the molecule is C=CCCn1c(=O)n(C(C)(C)C)c(=O)c2c(C)cccc21. The molecule has 1 heterocycles. The van der Waals surface area contributed by atoms with E-state index in [4.69, 9.17) is 0 Å². The molecule has 2 rings (SSSR count). The summed E-state index contributed by atoms with van der Waals surface area (Å²) in [4.78, 5) is 25.5. The third-order valence-electron chi connectivity index (χ3n) is 3.61. The van der Waals surface area contributed by atoms with Crippen LogP contribution in [0.2, 0.25) is 0 Å². The van der Waals surface area contributed by atoms with Gasteiger partial charge in [0.1, 0.15) is 0 Å². The van der Waals surface area contributed by atoms with Gasteiger partial charge in [-0.1, -0.05) is 18.2 Å². The molecule has 21 heavy (non-hydrogen) atoms. The number of hydrogen-bond donors (Lipinski definition) is 0. The quantitative estimate of drug-likeness (QED) is 0.814. The van der Waals surface area contributed by atoms with E-state index in [0.29, 0.717) is 23.9 Å². The van der Waals surface area contributed by atoms with Gasteiger partial charge in [-0.05, 0) is 45.7 Å². The van der Waals surface area contributed by atoms with Crippen molar-refractivity contribution in [1.82, 2.24) is 9.13 Å². The van der Waals surface area contributed by atoms with Crippen molar-refractivity contribution in [3.63, 3.8) is 0 Å². The number of rotatable bonds is 3. The Hall–Kier alpha value is -2.10. The maximum absolute atomic E-state index is 12.8. The smallest absolute Gasteiger partial charge is 0.293 e. The number of aryl methyl sites for hydroxylation is 2. The summed E-state index contributed by atoms with van der Waals surface area (Å²) in [6, 6.07) is 5.61. The molecular formula is C17H22N2O2. The van der Waals surface area contributed by atoms with Crippen molar-refractivity contribution in [1.29, 1.82) is 0 Å². The minimum atomic E-state index is -0.555. The van der Waals surface area contributed by atoms with Crippen LogP contribution in [-0.4, -0.2) is 9.13 Å². The highest BCUT2D eigenvalue weighted by Crippen LogP contribution is 2.16. The highest BCUT2D eigenvalue weighted by molar-refractivity contribution is 5.81. The minimum absolute atomic E-state index is 0.213. The zero-order valence-electron chi connectivity index (χ0n) is 13.1. The average molecular weight is 286 g/mol. The van der Waals surface area contributed by atoms with E-state index in [9.17, 15) is 9.59 Å². The van der Waals surface area contributed by atoms with Crippen molar-refractivity contribution < 1.29 is 0 Å². The van der Waals surface area contributed by atoms with Crippen molar-refractivity contribution in [2.45, 2.75) is 46.2 Å². The number of hydrogen-bond acceptors (Lipinski definition) is 2. The van der Waals surface area contributed by atoms with Crippen molar-refractivity contribution in [2.24, 2.45) is 0 Å². The first kappa shape index (κ1) is 15.3. The Morgan fingerprint density at radius 3 is 2.48 bits per heavy atom. The Morgan fingerprint density at radius 1 is 1.24 bits per heavy atom. The van der Waals surface area contributed by atoms with Crippen LogP contribution in [0, 0.1) is 6.92 Å². The van der Waals surface area contributed by atoms with Gasteiger partial charge in [-0.25, -0.2) is 4.79 Å². The largest absolute Gasteiger partial charge is 0.331 e. The van der Waals surface area contributed by atoms with Crippen LogP contribution in [0.25, 0.3) is 10.9 Å². The molecule has 0 aliphatic heterocycles. The number of allylic oxidation sites excluding steroid dienone is 1. The first-order valence-corrected chi connectivity index (χ1v) is 7.15. The number of benzene rings is 1. The molecule has 112 valence electrons. The van der Waals surface area contributed by atoms with Crippen molar-refractivity contribution in [3.05, 3.63) is 57.3 Å². The zero-order chi connectivity index (χ0) is 15.8. The second-order valence-electron chi connectivity index (χ2n) is 6.29. The van der Waals surface area contributed by atoms with Gasteiger partial charge in [0.25, 0.3) is 5.56 Å². The average Bonchev–Trinajstić information content (AvgIpc) is 2.36. The van der Waals surface area contributed by atoms with Crippen LogP contribution in [0.15, 0.2) is 40.4 Å². The van der Waals surface area contributed by atoms with E-state index < -0.39 is 5.54 Å². The standard InChI is InChI=1S/C17H22N2O2/c1-6-7-11-18-13-10-8-9-12(2)14(13)15(20)19(16(18)21)17(3,4)5/h6,8-10H,1,7,11H2,2-5H3. The first-order chi connectivity index (χ1) is 9.79. The lowest BCUT2D eigenvalue weighted by atomic mass is 10.1. The van der Waals surface area contributed by atoms with E-state index >= 15 is 0 Å². The molecule has 0 atom stereocenters. The van der Waals surface area contributed by atoms with Gasteiger partial charge >= 0.3 is 5.69 Å². The summed E-state index contributed by atoms with van der Waals surface area (Å²) in [6.45, 7) is 11.8. The van der Waals surface area contributed by atoms with E-state index in [0.717, 1.165) is 5.56 Å². The Balaban J connectivity index is 3.01. The summed E-state index contributed by atoms with van der Waals surface area (Å²) in [7, 11) is 0. The van der Waals surface area contributed by atoms with Gasteiger partial charge in [-0.3, -0.25) is 13.9 Å². The Morgan fingerprint density at radius 2 is 1.90 bits per heavy atom. The summed E-state index contributed by atoms with van der Waals surface area (Å²) >= 11 is 0. The highest BCUT2D eigenvalue weighted by atomic mass is 16.2. The van der Waals surface area contributed by atoms with Crippen molar-refractivity contribution >= 4 is 10.9 Å². The first-order valence-electron chi connectivity index (χ1n) is 7.15. The van der Waals surface area contributed by atoms with E-state index in [1.54, 1.807) is 10.6 Å². The van der Waals surface area contributed by atoms with Gasteiger partial charge in [0.2, 0.25) is 0 Å². The Bertz CT molecular complexity index is 804. The van der Waals surface area contributed by atoms with E-state index in [1.807, 2.05) is 45.9 Å². The number of nitrogens with zero attached hydrogens (tertiary/aromatic N) is 2. The van der Waals surface area contributed by atoms with E-state index in [-0.39, 0.29) is 11.2 Å². The lowest BCUT2D eigenvalue weighted by Crippen LogP contribution is -2.48. The molecule has 0 fully saturated rings. The van der Waals surface area contributed by atoms with Crippen LogP contribution in [-0.2, 0) is 12.1 Å². The van der Waals surface area contributed by atoms with Gasteiger partial charge in [-0.2, -0.15) is 0 Å². The molecule has 0 bridgehead atoms. The fourth-order valence-corrected chi connectivity index (χ4v) is 2.61. The minimum Gasteiger partial charge on any atom is -0.293 e. The van der Waals surface area contributed by atoms with E-state index in [1.165, 1.54) is 4.57 Å². The second kappa shape index (κ2) is 5.35. The molecule has 2 aromatic rings. The fraction of sp³-hybridized carbons (Fsp3) is 0.412. The van der Waals surface area contributed by atoms with Crippen LogP contribution in [0.5, 0.6) is 0 Å². The van der Waals surface area contributed by atoms with Crippen molar-refractivity contribution in [3.8, 4) is 0 Å². The molecule has 0 radical (unpaired) electrons. The summed E-state index contributed by atoms with van der Waals surface area (Å²) in [5, 5.41) is 0.621. The van der Waals surface area contributed by atoms with Crippen molar-refractivity contribution in [2.75, 3.05) is 0 Å². The topological polar surface area (TPSA) is 44.0 Å². The maximum Gasteiger partial charge on any atom is 0.331 e. The monoisotopic (exact) mass is 286 g/mol. The number of fused-ring (bicyclic) bond motifs is 1. The Kier molecular flexibility index (Phi) is 3.90. The molecule has 0 aliphatic carbocycles. The molecule has 0 spiro atoms. The fourth-order valence-electron chi connectivity index (χ4n) is 2.61. The molecule has 0 aliphatic rings. The second-order valence-corrected chi connectivity index (χ2v) is 6.29. The summed E-state index contributed by atoms with van der Waals surface area (Å²) in [5.41, 5.74) is 0.568. The third kappa shape index (κ3) is 2.58. The molecule has 1 aromatic carbocycles. The summed E-state index contributed by atoms with van der Waals surface area (Å²) in [5.74, 6) is 0. The van der Waals surface area contributed by atoms with Gasteiger partial charge < -0.3 is 0 Å².